The van der Waals surface area contributed by atoms with Gasteiger partial charge in [0.15, 0.2) is 0 Å². The van der Waals surface area contributed by atoms with E-state index in [0.717, 1.165) is 11.1 Å². The average molecular weight is 431 g/mol. The monoisotopic (exact) mass is 431 g/mol. The number of aryl methyl sites for hydroxylation is 1. The smallest absolute Gasteiger partial charge is 0.274 e. The molecule has 0 unspecified atom stereocenters. The number of amides is 3. The second-order valence-electron chi connectivity index (χ2n) is 7.30. The number of nitrogens with one attached hydrogen (secondary N) is 3. The molecule has 7 nitrogen and oxygen atoms in total. The maximum atomic E-state index is 13.0. The van der Waals surface area contributed by atoms with Gasteiger partial charge in [0.2, 0.25) is 11.8 Å². The molecule has 0 spiro atoms. The molecule has 0 aliphatic rings. The highest BCUT2D eigenvalue weighted by Gasteiger charge is 2.21. The number of carbonyl (C=O) groups is 3. The van der Waals surface area contributed by atoms with Crippen LogP contribution >= 0.6 is 0 Å². The molecule has 0 aliphatic carbocycles. The highest BCUT2D eigenvalue weighted by Crippen LogP contribution is 2.12. The van der Waals surface area contributed by atoms with Gasteiger partial charge in [0.25, 0.3) is 5.91 Å². The summed E-state index contributed by atoms with van der Waals surface area (Å²) < 4.78 is 0. The molecule has 0 aliphatic heterocycles. The Bertz CT molecular complexity index is 1040. The van der Waals surface area contributed by atoms with Gasteiger partial charge in [0, 0.05) is 24.1 Å². The summed E-state index contributed by atoms with van der Waals surface area (Å²) in [6, 6.07) is 24.5. The van der Waals surface area contributed by atoms with Crippen LogP contribution in [0.3, 0.4) is 0 Å². The number of anilines is 1. The topological polar surface area (TPSA) is 108 Å². The standard InChI is InChI=1S/C25H25N3O4/c29-23(16-11-18-7-3-1-4-8-18)27-22(17-19-9-5-2-6-10-19)25(31)26-21-14-12-20(13-15-21)24(30)28-32/h1-10,12-15,22,32H,11,16-17H2,(H,26,31)(H,27,29)(H,28,30)/t22-/m0/s1. The summed E-state index contributed by atoms with van der Waals surface area (Å²) in [5.41, 5.74) is 4.26. The van der Waals surface area contributed by atoms with Crippen molar-refractivity contribution < 1.29 is 19.6 Å². The van der Waals surface area contributed by atoms with E-state index in [2.05, 4.69) is 10.6 Å². The van der Waals surface area contributed by atoms with E-state index in [-0.39, 0.29) is 23.8 Å². The van der Waals surface area contributed by atoms with Crippen molar-refractivity contribution in [2.75, 3.05) is 5.32 Å². The first-order valence-corrected chi connectivity index (χ1v) is 10.3. The van der Waals surface area contributed by atoms with Crippen LogP contribution in [0.4, 0.5) is 5.69 Å². The van der Waals surface area contributed by atoms with Crippen LogP contribution in [0.2, 0.25) is 0 Å². The summed E-state index contributed by atoms with van der Waals surface area (Å²) in [7, 11) is 0. The zero-order chi connectivity index (χ0) is 22.8. The predicted octanol–water partition coefficient (Wildman–Crippen LogP) is 3.10. The van der Waals surface area contributed by atoms with E-state index in [1.807, 2.05) is 60.7 Å². The molecule has 0 bridgehead atoms. The fourth-order valence-electron chi connectivity index (χ4n) is 3.23. The lowest BCUT2D eigenvalue weighted by Gasteiger charge is -2.19. The lowest BCUT2D eigenvalue weighted by Crippen LogP contribution is -2.45. The molecule has 3 aromatic carbocycles. The molecular formula is C25H25N3O4. The molecule has 3 aromatic rings. The van der Waals surface area contributed by atoms with E-state index < -0.39 is 11.9 Å². The van der Waals surface area contributed by atoms with Crippen molar-refractivity contribution in [3.63, 3.8) is 0 Å². The Hall–Kier alpha value is -3.97. The number of carbonyl (C=O) groups excluding carboxylic acids is 3. The minimum absolute atomic E-state index is 0.208. The highest BCUT2D eigenvalue weighted by atomic mass is 16.5. The van der Waals surface area contributed by atoms with Gasteiger partial charge < -0.3 is 10.6 Å². The van der Waals surface area contributed by atoms with Gasteiger partial charge in [0.1, 0.15) is 6.04 Å². The molecule has 0 radical (unpaired) electrons. The first-order chi connectivity index (χ1) is 15.5. The minimum Gasteiger partial charge on any atom is -0.344 e. The number of hydroxylamine groups is 1. The normalized spacial score (nSPS) is 11.3. The predicted molar refractivity (Wildman–Crippen MR) is 121 cm³/mol. The number of hydrogen-bond acceptors (Lipinski definition) is 4. The third kappa shape index (κ3) is 6.78. The molecule has 7 heteroatoms. The van der Waals surface area contributed by atoms with E-state index in [0.29, 0.717) is 18.5 Å². The molecule has 1 atom stereocenters. The minimum atomic E-state index is -0.763. The maximum absolute atomic E-state index is 13.0. The van der Waals surface area contributed by atoms with Gasteiger partial charge in [-0.3, -0.25) is 19.6 Å². The number of benzene rings is 3. The largest absolute Gasteiger partial charge is 0.344 e. The van der Waals surface area contributed by atoms with Crippen LogP contribution in [0.5, 0.6) is 0 Å². The number of hydrogen-bond donors (Lipinski definition) is 4. The first-order valence-electron chi connectivity index (χ1n) is 10.3. The van der Waals surface area contributed by atoms with Gasteiger partial charge >= 0.3 is 0 Å². The summed E-state index contributed by atoms with van der Waals surface area (Å²) in [4.78, 5) is 37.0. The van der Waals surface area contributed by atoms with E-state index in [1.54, 1.807) is 17.6 Å². The Morgan fingerprint density at radius 1 is 0.781 bits per heavy atom. The fraction of sp³-hybridized carbons (Fsp3) is 0.160. The molecule has 3 rings (SSSR count). The fourth-order valence-corrected chi connectivity index (χ4v) is 3.23. The quantitative estimate of drug-likeness (QED) is 0.308. The van der Waals surface area contributed by atoms with Crippen molar-refractivity contribution in [3.8, 4) is 0 Å². The second-order valence-corrected chi connectivity index (χ2v) is 7.30. The van der Waals surface area contributed by atoms with Gasteiger partial charge in [-0.15, -0.1) is 0 Å². The van der Waals surface area contributed by atoms with E-state index in [4.69, 9.17) is 5.21 Å². The molecule has 3 amide bonds. The molecule has 4 N–H and O–H groups in total. The molecule has 0 saturated carbocycles. The van der Waals surface area contributed by atoms with Crippen LogP contribution in [0, 0.1) is 0 Å². The molecular weight excluding hydrogens is 406 g/mol. The zero-order valence-corrected chi connectivity index (χ0v) is 17.5. The summed E-state index contributed by atoms with van der Waals surface area (Å²) in [5, 5.41) is 14.3. The van der Waals surface area contributed by atoms with Crippen LogP contribution in [-0.4, -0.2) is 29.0 Å². The lowest BCUT2D eigenvalue weighted by atomic mass is 10.0. The Morgan fingerprint density at radius 3 is 1.97 bits per heavy atom. The molecule has 32 heavy (non-hydrogen) atoms. The Morgan fingerprint density at radius 2 is 1.38 bits per heavy atom. The van der Waals surface area contributed by atoms with Gasteiger partial charge in [-0.05, 0) is 41.8 Å². The Kier molecular flexibility index (Phi) is 8.11. The van der Waals surface area contributed by atoms with Crippen molar-refractivity contribution in [1.29, 1.82) is 0 Å². The molecule has 0 heterocycles. The summed E-state index contributed by atoms with van der Waals surface area (Å²) >= 11 is 0. The number of rotatable bonds is 9. The highest BCUT2D eigenvalue weighted by molar-refractivity contribution is 5.98. The van der Waals surface area contributed by atoms with Crippen molar-refractivity contribution in [3.05, 3.63) is 102 Å². The van der Waals surface area contributed by atoms with Gasteiger partial charge in [0.05, 0.1) is 0 Å². The summed E-state index contributed by atoms with van der Waals surface area (Å²) in [6.07, 6.45) is 1.20. The second kappa shape index (κ2) is 11.4. The lowest BCUT2D eigenvalue weighted by molar-refractivity contribution is -0.126. The molecule has 164 valence electrons. The maximum Gasteiger partial charge on any atom is 0.274 e. The van der Waals surface area contributed by atoms with Gasteiger partial charge in [-0.2, -0.15) is 0 Å². The average Bonchev–Trinajstić information content (AvgIpc) is 2.83. The van der Waals surface area contributed by atoms with Crippen LogP contribution in [0.15, 0.2) is 84.9 Å². The van der Waals surface area contributed by atoms with Crippen LogP contribution in [-0.2, 0) is 22.4 Å². The summed E-state index contributed by atoms with van der Waals surface area (Å²) in [5.74, 6) is -1.21. The first kappa shape index (κ1) is 22.7. The molecule has 0 aromatic heterocycles. The van der Waals surface area contributed by atoms with E-state index in [9.17, 15) is 14.4 Å². The van der Waals surface area contributed by atoms with Crippen LogP contribution < -0.4 is 16.1 Å². The van der Waals surface area contributed by atoms with Crippen LogP contribution in [0.25, 0.3) is 0 Å². The van der Waals surface area contributed by atoms with Gasteiger partial charge in [-0.1, -0.05) is 60.7 Å². The Balaban J connectivity index is 1.66. The van der Waals surface area contributed by atoms with Crippen molar-refractivity contribution in [1.82, 2.24) is 10.8 Å². The van der Waals surface area contributed by atoms with Crippen molar-refractivity contribution in [2.24, 2.45) is 0 Å². The molecule has 0 fully saturated rings. The third-order valence-electron chi connectivity index (χ3n) is 4.93. The van der Waals surface area contributed by atoms with E-state index in [1.165, 1.54) is 12.1 Å². The zero-order valence-electron chi connectivity index (χ0n) is 17.5. The van der Waals surface area contributed by atoms with Crippen LogP contribution in [0.1, 0.15) is 27.9 Å². The van der Waals surface area contributed by atoms with Crippen molar-refractivity contribution >= 4 is 23.4 Å². The van der Waals surface area contributed by atoms with E-state index >= 15 is 0 Å². The third-order valence-corrected chi connectivity index (χ3v) is 4.93. The summed E-state index contributed by atoms with van der Waals surface area (Å²) in [6.45, 7) is 0. The SMILES string of the molecule is O=C(CCc1ccccc1)N[C@@H](Cc1ccccc1)C(=O)Nc1ccc(C(=O)NO)cc1. The molecule has 0 saturated heterocycles. The Labute approximate surface area is 186 Å². The van der Waals surface area contributed by atoms with Gasteiger partial charge in [-0.25, -0.2) is 5.48 Å². The van der Waals surface area contributed by atoms with Crippen molar-refractivity contribution in [2.45, 2.75) is 25.3 Å².